The summed E-state index contributed by atoms with van der Waals surface area (Å²) in [5.41, 5.74) is 0.903. The summed E-state index contributed by atoms with van der Waals surface area (Å²) in [5.74, 6) is 0.665. The maximum Gasteiger partial charge on any atom is 0.238 e. The maximum atomic E-state index is 12.3. The molecule has 1 rings (SSSR count). The lowest BCUT2D eigenvalue weighted by Crippen LogP contribution is -2.46. The summed E-state index contributed by atoms with van der Waals surface area (Å²) >= 11 is 0. The van der Waals surface area contributed by atoms with E-state index in [1.54, 1.807) is 6.20 Å². The molecule has 7 nitrogen and oxygen atoms in total. The zero-order valence-corrected chi connectivity index (χ0v) is 15.1. The van der Waals surface area contributed by atoms with Crippen LogP contribution in [0.1, 0.15) is 25.8 Å². The molecule has 0 bridgehead atoms. The lowest BCUT2D eigenvalue weighted by Gasteiger charge is -2.19. The third kappa shape index (κ3) is 7.43. The van der Waals surface area contributed by atoms with E-state index in [1.165, 1.54) is 0 Å². The molecule has 0 aromatic carbocycles. The first kappa shape index (κ1) is 19.4. The number of aromatic nitrogens is 1. The van der Waals surface area contributed by atoms with Crippen LogP contribution in [0, 0.1) is 5.92 Å². The number of anilines is 1. The molecule has 130 valence electrons. The number of rotatable bonds is 8. The number of sulfonamides is 1. The van der Waals surface area contributed by atoms with Crippen molar-refractivity contribution < 1.29 is 13.2 Å². The zero-order valence-electron chi connectivity index (χ0n) is 14.3. The smallest absolute Gasteiger partial charge is 0.238 e. The number of carbonyl (C=O) groups is 1. The minimum Gasteiger partial charge on any atom is -0.363 e. The molecule has 1 aromatic rings. The predicted molar refractivity (Wildman–Crippen MR) is 91.6 cm³/mol. The second-order valence-corrected chi connectivity index (χ2v) is 7.99. The second kappa shape index (κ2) is 8.26. The third-order valence-electron chi connectivity index (χ3n) is 3.11. The molecule has 0 fully saturated rings. The molecule has 2 N–H and O–H groups in total. The van der Waals surface area contributed by atoms with E-state index in [0.717, 1.165) is 17.6 Å². The topological polar surface area (TPSA) is 91.4 Å². The Balaban J connectivity index is 2.73. The van der Waals surface area contributed by atoms with Gasteiger partial charge in [0.15, 0.2) is 0 Å². The fraction of sp³-hybridized carbons (Fsp3) is 0.600. The average Bonchev–Trinajstić information content (AvgIpc) is 2.42. The summed E-state index contributed by atoms with van der Waals surface area (Å²) in [6.07, 6.45) is 3.18. The second-order valence-electron chi connectivity index (χ2n) is 6.21. The van der Waals surface area contributed by atoms with Crippen LogP contribution in [0.3, 0.4) is 0 Å². The van der Waals surface area contributed by atoms with Gasteiger partial charge in [-0.15, -0.1) is 0 Å². The predicted octanol–water partition coefficient (Wildman–Crippen LogP) is 0.728. The minimum absolute atomic E-state index is 0.196. The average molecular weight is 342 g/mol. The van der Waals surface area contributed by atoms with Crippen molar-refractivity contribution in [2.75, 3.05) is 25.3 Å². The van der Waals surface area contributed by atoms with Crippen LogP contribution < -0.4 is 14.9 Å². The number of carbonyl (C=O) groups excluding carboxylic acids is 1. The van der Waals surface area contributed by atoms with E-state index in [0.29, 0.717) is 13.0 Å². The highest BCUT2D eigenvalue weighted by atomic mass is 32.2. The Morgan fingerprint density at radius 2 is 2.00 bits per heavy atom. The van der Waals surface area contributed by atoms with E-state index in [1.807, 2.05) is 45.0 Å². The molecule has 8 heteroatoms. The van der Waals surface area contributed by atoms with Crippen LogP contribution in [0.5, 0.6) is 0 Å². The van der Waals surface area contributed by atoms with Gasteiger partial charge in [-0.2, -0.15) is 0 Å². The summed E-state index contributed by atoms with van der Waals surface area (Å²) in [6.45, 7) is 4.20. The number of hydrogen-bond acceptors (Lipinski definition) is 5. The van der Waals surface area contributed by atoms with Gasteiger partial charge in [0.2, 0.25) is 15.9 Å². The molecule has 0 unspecified atom stereocenters. The quantitative estimate of drug-likeness (QED) is 0.727. The molecular weight excluding hydrogens is 316 g/mol. The van der Waals surface area contributed by atoms with Crippen molar-refractivity contribution >= 4 is 21.7 Å². The van der Waals surface area contributed by atoms with Gasteiger partial charge < -0.3 is 10.2 Å². The number of amides is 1. The minimum atomic E-state index is -3.44. The molecule has 23 heavy (non-hydrogen) atoms. The highest BCUT2D eigenvalue weighted by Gasteiger charge is 2.22. The molecule has 1 amide bonds. The Hall–Kier alpha value is -1.67. The molecule has 0 saturated carbocycles. The highest BCUT2D eigenvalue weighted by molar-refractivity contribution is 7.88. The van der Waals surface area contributed by atoms with Crippen molar-refractivity contribution in [2.45, 2.75) is 32.9 Å². The van der Waals surface area contributed by atoms with Crippen molar-refractivity contribution in [3.8, 4) is 0 Å². The van der Waals surface area contributed by atoms with Gasteiger partial charge in [0.1, 0.15) is 11.9 Å². The van der Waals surface area contributed by atoms with Gasteiger partial charge in [-0.3, -0.25) is 4.79 Å². The van der Waals surface area contributed by atoms with E-state index in [9.17, 15) is 13.2 Å². The van der Waals surface area contributed by atoms with Gasteiger partial charge >= 0.3 is 0 Å². The van der Waals surface area contributed by atoms with Gasteiger partial charge in [0, 0.05) is 26.8 Å². The van der Waals surface area contributed by atoms with Crippen molar-refractivity contribution in [3.63, 3.8) is 0 Å². The summed E-state index contributed by atoms with van der Waals surface area (Å²) in [4.78, 5) is 18.4. The van der Waals surface area contributed by atoms with Crippen LogP contribution in [0.2, 0.25) is 0 Å². The summed E-state index contributed by atoms with van der Waals surface area (Å²) < 4.78 is 25.2. The van der Waals surface area contributed by atoms with E-state index in [4.69, 9.17) is 0 Å². The first-order valence-electron chi connectivity index (χ1n) is 7.45. The first-order chi connectivity index (χ1) is 10.6. The molecule has 0 spiro atoms. The number of nitrogens with zero attached hydrogens (tertiary/aromatic N) is 2. The summed E-state index contributed by atoms with van der Waals surface area (Å²) in [5, 5.41) is 2.78. The molecular formula is C15H26N4O3S. The Morgan fingerprint density at radius 1 is 1.35 bits per heavy atom. The van der Waals surface area contributed by atoms with Gasteiger partial charge in [0.05, 0.1) is 6.26 Å². The molecule has 0 aliphatic carbocycles. The van der Waals surface area contributed by atoms with E-state index in [2.05, 4.69) is 15.0 Å². The van der Waals surface area contributed by atoms with E-state index < -0.39 is 16.1 Å². The van der Waals surface area contributed by atoms with Crippen LogP contribution in [0.15, 0.2) is 18.3 Å². The van der Waals surface area contributed by atoms with Gasteiger partial charge in [-0.1, -0.05) is 13.8 Å². The fourth-order valence-electron chi connectivity index (χ4n) is 2.07. The molecule has 0 aliphatic heterocycles. The van der Waals surface area contributed by atoms with Crippen LogP contribution in [-0.2, 0) is 21.4 Å². The Bertz CT molecular complexity index is 629. The molecule has 0 saturated heterocycles. The van der Waals surface area contributed by atoms with Crippen molar-refractivity contribution in [2.24, 2.45) is 5.92 Å². The van der Waals surface area contributed by atoms with Crippen molar-refractivity contribution in [1.29, 1.82) is 0 Å². The normalized spacial score (nSPS) is 13.0. The van der Waals surface area contributed by atoms with Crippen LogP contribution >= 0.6 is 0 Å². The SMILES string of the molecule is CC(C)C[C@@H](NS(C)(=O)=O)C(=O)NCc1ccnc(N(C)C)c1. The van der Waals surface area contributed by atoms with Crippen LogP contribution in [-0.4, -0.2) is 45.7 Å². The first-order valence-corrected chi connectivity index (χ1v) is 9.35. The molecule has 0 radical (unpaired) electrons. The zero-order chi connectivity index (χ0) is 17.6. The fourth-order valence-corrected chi connectivity index (χ4v) is 2.79. The Labute approximate surface area is 138 Å². The van der Waals surface area contributed by atoms with Crippen LogP contribution in [0.25, 0.3) is 0 Å². The monoisotopic (exact) mass is 342 g/mol. The molecule has 1 aromatic heterocycles. The number of pyridine rings is 1. The lowest BCUT2D eigenvalue weighted by atomic mass is 10.0. The number of nitrogens with one attached hydrogen (secondary N) is 2. The Kier molecular flexibility index (Phi) is 6.96. The number of hydrogen-bond donors (Lipinski definition) is 2. The van der Waals surface area contributed by atoms with Gasteiger partial charge in [-0.05, 0) is 30.0 Å². The summed E-state index contributed by atoms with van der Waals surface area (Å²) in [7, 11) is 0.334. The van der Waals surface area contributed by atoms with E-state index >= 15 is 0 Å². The molecule has 1 heterocycles. The third-order valence-corrected chi connectivity index (χ3v) is 3.83. The maximum absolute atomic E-state index is 12.3. The summed E-state index contributed by atoms with van der Waals surface area (Å²) in [6, 6.07) is 2.93. The standard InChI is InChI=1S/C15H26N4O3S/c1-11(2)8-13(18-23(5,21)22)15(20)17-10-12-6-7-16-14(9-12)19(3)4/h6-7,9,11,13,18H,8,10H2,1-5H3,(H,17,20)/t13-/m1/s1. The van der Waals surface area contributed by atoms with Crippen LogP contribution in [0.4, 0.5) is 5.82 Å². The van der Waals surface area contributed by atoms with Crippen molar-refractivity contribution in [1.82, 2.24) is 15.0 Å². The molecule has 1 atom stereocenters. The molecule has 0 aliphatic rings. The van der Waals surface area contributed by atoms with E-state index in [-0.39, 0.29) is 11.8 Å². The van der Waals surface area contributed by atoms with Gasteiger partial charge in [0.25, 0.3) is 0 Å². The lowest BCUT2D eigenvalue weighted by molar-refractivity contribution is -0.123. The highest BCUT2D eigenvalue weighted by Crippen LogP contribution is 2.10. The van der Waals surface area contributed by atoms with Gasteiger partial charge in [-0.25, -0.2) is 18.1 Å². The Morgan fingerprint density at radius 3 is 2.52 bits per heavy atom. The van der Waals surface area contributed by atoms with Crippen molar-refractivity contribution in [3.05, 3.63) is 23.9 Å². The largest absolute Gasteiger partial charge is 0.363 e.